The molecular weight excluding hydrogens is 532 g/mol. The lowest BCUT2D eigenvalue weighted by molar-refractivity contribution is 0.101. The van der Waals surface area contributed by atoms with Crippen LogP contribution in [0.15, 0.2) is 54.9 Å². The summed E-state index contributed by atoms with van der Waals surface area (Å²) >= 11 is 6.11. The molecule has 1 aromatic carbocycles. The lowest BCUT2D eigenvalue weighted by Crippen LogP contribution is -2.47. The van der Waals surface area contributed by atoms with Crippen molar-refractivity contribution in [2.75, 3.05) is 36.8 Å². The summed E-state index contributed by atoms with van der Waals surface area (Å²) in [5.74, 6) is 0.981. The van der Waals surface area contributed by atoms with E-state index in [1.165, 1.54) is 6.20 Å². The van der Waals surface area contributed by atoms with Gasteiger partial charge in [-0.25, -0.2) is 14.8 Å². The average Bonchev–Trinajstić information content (AvgIpc) is 3.62. The summed E-state index contributed by atoms with van der Waals surface area (Å²) in [6.07, 6.45) is 6.96. The van der Waals surface area contributed by atoms with E-state index in [1.807, 2.05) is 10.6 Å². The van der Waals surface area contributed by atoms with Crippen LogP contribution in [0.2, 0.25) is 5.02 Å². The number of nitrogens with one attached hydrogen (secondary N) is 3. The van der Waals surface area contributed by atoms with Crippen LogP contribution in [0.3, 0.4) is 0 Å². The molecular formula is C28H29ClN8O3. The molecule has 0 radical (unpaired) electrons. The molecule has 0 unspecified atom stereocenters. The zero-order chi connectivity index (χ0) is 27.5. The highest BCUT2D eigenvalue weighted by atomic mass is 35.5. The molecule has 4 aromatic rings. The highest BCUT2D eigenvalue weighted by Gasteiger charge is 2.26. The molecule has 206 valence electrons. The van der Waals surface area contributed by atoms with Crippen LogP contribution in [0.25, 0.3) is 11.0 Å². The number of carbonyl (C=O) groups is 2. The van der Waals surface area contributed by atoms with Crippen molar-refractivity contribution in [1.29, 1.82) is 0 Å². The molecule has 1 saturated heterocycles. The zero-order valence-corrected chi connectivity index (χ0v) is 22.5. The van der Waals surface area contributed by atoms with Gasteiger partial charge in [-0.1, -0.05) is 30.5 Å². The molecule has 0 spiro atoms. The first kappa shape index (κ1) is 26.0. The molecule has 1 saturated carbocycles. The van der Waals surface area contributed by atoms with Crippen LogP contribution in [-0.2, 0) is 0 Å². The van der Waals surface area contributed by atoms with Gasteiger partial charge in [0.15, 0.2) is 5.75 Å². The average molecular weight is 561 g/mol. The second-order valence-corrected chi connectivity index (χ2v) is 10.3. The number of fused-ring (bicyclic) bond motifs is 1. The fourth-order valence-electron chi connectivity index (χ4n) is 5.18. The van der Waals surface area contributed by atoms with Gasteiger partial charge in [0.1, 0.15) is 17.2 Å². The topological polar surface area (TPSA) is 126 Å². The van der Waals surface area contributed by atoms with Gasteiger partial charge in [0.25, 0.3) is 5.91 Å². The van der Waals surface area contributed by atoms with Crippen LogP contribution in [0.5, 0.6) is 5.75 Å². The molecule has 6 rings (SSSR count). The van der Waals surface area contributed by atoms with Crippen molar-refractivity contribution >= 4 is 52.1 Å². The summed E-state index contributed by atoms with van der Waals surface area (Å²) in [6, 6.07) is 12.5. The van der Waals surface area contributed by atoms with Gasteiger partial charge in [-0.2, -0.15) is 4.98 Å². The Labute approximate surface area is 235 Å². The smallest absolute Gasteiger partial charge is 0.409 e. The van der Waals surface area contributed by atoms with Crippen LogP contribution in [0.4, 0.5) is 22.2 Å². The van der Waals surface area contributed by atoms with E-state index in [-0.39, 0.29) is 18.0 Å². The normalized spacial score (nSPS) is 15.8. The monoisotopic (exact) mass is 560 g/mol. The largest absolute Gasteiger partial charge is 0.415 e. The molecule has 2 amide bonds. The lowest BCUT2D eigenvalue weighted by Gasteiger charge is -2.26. The summed E-state index contributed by atoms with van der Waals surface area (Å²) < 4.78 is 7.48. The van der Waals surface area contributed by atoms with Crippen LogP contribution < -0.4 is 20.7 Å². The molecule has 40 heavy (non-hydrogen) atoms. The van der Waals surface area contributed by atoms with E-state index >= 15 is 0 Å². The number of rotatable bonds is 6. The molecule has 2 fully saturated rings. The zero-order valence-electron chi connectivity index (χ0n) is 21.8. The Morgan fingerprint density at radius 3 is 2.60 bits per heavy atom. The Morgan fingerprint density at radius 2 is 1.85 bits per heavy atom. The number of piperazine rings is 1. The van der Waals surface area contributed by atoms with Gasteiger partial charge in [0, 0.05) is 54.5 Å². The molecule has 1 aliphatic heterocycles. The standard InChI is InChI=1S/C28H29ClN8O3/c29-19-4-3-5-20(15-19)33-26(38)23-14-18-16-32-27(35-25(18)37(23)21-6-1-2-7-21)34-24-9-8-22(17-31-24)40-28(39)36-12-10-30-11-13-36/h3-5,8-9,14-17,21,30H,1-2,6-7,10-13H2,(H,33,38)(H,31,32,34,35). The summed E-state index contributed by atoms with van der Waals surface area (Å²) in [5, 5.41) is 10.6. The van der Waals surface area contributed by atoms with Crippen molar-refractivity contribution in [1.82, 2.24) is 29.7 Å². The number of hydrogen-bond donors (Lipinski definition) is 3. The maximum atomic E-state index is 13.4. The van der Waals surface area contributed by atoms with Gasteiger partial charge in [-0.15, -0.1) is 0 Å². The van der Waals surface area contributed by atoms with Crippen molar-refractivity contribution in [2.45, 2.75) is 31.7 Å². The highest BCUT2D eigenvalue weighted by molar-refractivity contribution is 6.31. The van der Waals surface area contributed by atoms with Crippen LogP contribution in [0.1, 0.15) is 42.2 Å². The second-order valence-electron chi connectivity index (χ2n) is 9.88. The van der Waals surface area contributed by atoms with Crippen LogP contribution in [0, 0.1) is 0 Å². The van der Waals surface area contributed by atoms with Gasteiger partial charge >= 0.3 is 6.09 Å². The van der Waals surface area contributed by atoms with Gasteiger partial charge in [0.2, 0.25) is 5.95 Å². The van der Waals surface area contributed by atoms with Crippen molar-refractivity contribution in [3.63, 3.8) is 0 Å². The van der Waals surface area contributed by atoms with E-state index in [0.717, 1.165) is 44.2 Å². The fraction of sp³-hybridized carbons (Fsp3) is 0.321. The Balaban J connectivity index is 1.22. The molecule has 12 heteroatoms. The number of amides is 2. The predicted octanol–water partition coefficient (Wildman–Crippen LogP) is 4.99. The highest BCUT2D eigenvalue weighted by Crippen LogP contribution is 2.35. The van der Waals surface area contributed by atoms with E-state index < -0.39 is 0 Å². The van der Waals surface area contributed by atoms with Crippen molar-refractivity contribution in [2.24, 2.45) is 0 Å². The first-order valence-corrected chi connectivity index (χ1v) is 13.8. The van der Waals surface area contributed by atoms with E-state index in [2.05, 4.69) is 25.9 Å². The second kappa shape index (κ2) is 11.5. The van der Waals surface area contributed by atoms with Crippen molar-refractivity contribution < 1.29 is 14.3 Å². The third kappa shape index (κ3) is 5.70. The van der Waals surface area contributed by atoms with Gasteiger partial charge in [-0.05, 0) is 49.2 Å². The Bertz CT molecular complexity index is 1530. The predicted molar refractivity (Wildman–Crippen MR) is 152 cm³/mol. The molecule has 2 aliphatic rings. The number of pyridine rings is 1. The van der Waals surface area contributed by atoms with E-state index in [9.17, 15) is 9.59 Å². The number of aromatic nitrogens is 4. The van der Waals surface area contributed by atoms with Gasteiger partial charge in [-0.3, -0.25) is 4.79 Å². The SMILES string of the molecule is O=C(Nc1cccc(Cl)c1)c1cc2cnc(Nc3ccc(OC(=O)N4CCNCC4)cn3)nc2n1C1CCCC1. The third-order valence-electron chi connectivity index (χ3n) is 7.14. The van der Waals surface area contributed by atoms with Crippen LogP contribution >= 0.6 is 11.6 Å². The van der Waals surface area contributed by atoms with Crippen molar-refractivity contribution in [3.8, 4) is 5.75 Å². The number of carbonyl (C=O) groups excluding carboxylic acids is 2. The molecule has 3 aromatic heterocycles. The summed E-state index contributed by atoms with van der Waals surface area (Å²) in [4.78, 5) is 41.0. The van der Waals surface area contributed by atoms with E-state index in [0.29, 0.717) is 52.7 Å². The molecule has 11 nitrogen and oxygen atoms in total. The maximum Gasteiger partial charge on any atom is 0.415 e. The first-order valence-electron chi connectivity index (χ1n) is 13.4. The molecule has 4 heterocycles. The Hall–Kier alpha value is -4.22. The summed E-state index contributed by atoms with van der Waals surface area (Å²) in [5.41, 5.74) is 1.84. The van der Waals surface area contributed by atoms with Crippen LogP contribution in [-0.4, -0.2) is 62.6 Å². The number of halogens is 1. The lowest BCUT2D eigenvalue weighted by atomic mass is 10.2. The molecule has 0 bridgehead atoms. The number of benzene rings is 1. The van der Waals surface area contributed by atoms with E-state index in [1.54, 1.807) is 47.5 Å². The number of hydrogen-bond acceptors (Lipinski definition) is 8. The van der Waals surface area contributed by atoms with Gasteiger partial charge in [0.05, 0.1) is 6.20 Å². The molecule has 3 N–H and O–H groups in total. The number of ether oxygens (including phenoxy) is 1. The number of nitrogens with zero attached hydrogens (tertiary/aromatic N) is 5. The molecule has 1 aliphatic carbocycles. The fourth-order valence-corrected chi connectivity index (χ4v) is 5.37. The minimum absolute atomic E-state index is 0.170. The third-order valence-corrected chi connectivity index (χ3v) is 7.37. The first-order chi connectivity index (χ1) is 19.5. The van der Waals surface area contributed by atoms with Gasteiger partial charge < -0.3 is 30.2 Å². The van der Waals surface area contributed by atoms with Crippen molar-refractivity contribution in [3.05, 3.63) is 65.6 Å². The quantitative estimate of drug-likeness (QED) is 0.301. The minimum atomic E-state index is -0.388. The number of anilines is 3. The van der Waals surface area contributed by atoms with E-state index in [4.69, 9.17) is 21.3 Å². The maximum absolute atomic E-state index is 13.4. The molecule has 0 atom stereocenters. The summed E-state index contributed by atoms with van der Waals surface area (Å²) in [6.45, 7) is 2.72. The Kier molecular flexibility index (Phi) is 7.47. The minimum Gasteiger partial charge on any atom is -0.409 e. The summed E-state index contributed by atoms with van der Waals surface area (Å²) in [7, 11) is 0. The Morgan fingerprint density at radius 1 is 1.02 bits per heavy atom.